The van der Waals surface area contributed by atoms with E-state index in [1.165, 1.54) is 10.4 Å². The number of carbonyl (C=O) groups excluding carboxylic acids is 1. The summed E-state index contributed by atoms with van der Waals surface area (Å²) in [6.07, 6.45) is 5.27. The normalized spacial score (nSPS) is 12.0. The maximum Gasteiger partial charge on any atom is 0.267 e. The van der Waals surface area contributed by atoms with Gasteiger partial charge in [0.1, 0.15) is 0 Å². The van der Waals surface area contributed by atoms with Crippen molar-refractivity contribution in [1.29, 1.82) is 0 Å². The van der Waals surface area contributed by atoms with Crippen molar-refractivity contribution in [3.8, 4) is 0 Å². The third kappa shape index (κ3) is 6.02. The number of benzene rings is 4. The molecule has 1 aromatic heterocycles. The van der Waals surface area contributed by atoms with Crippen molar-refractivity contribution >= 4 is 49.4 Å². The van der Waals surface area contributed by atoms with Gasteiger partial charge in [-0.3, -0.25) is 10.0 Å². The molecule has 3 N–H and O–H groups in total. The summed E-state index contributed by atoms with van der Waals surface area (Å²) in [5.74, 6) is -0.629. The molecule has 8 nitrogen and oxygen atoms in total. The Morgan fingerprint density at radius 2 is 1.61 bits per heavy atom. The highest BCUT2D eigenvalue weighted by Crippen LogP contribution is 2.32. The standard InChI is InChI=1S/C32H32N4O4S/c1-35(2)30-11-5-9-28-27(30)8-6-12-31(28)41(39,40)36(20-19-25-21-33-29-10-4-3-7-26(25)29)22-24-15-13-23(14-16-24)17-18-32(37)34-38/h3-18,21,33,38H,19-20,22H2,1-2H3,(H,34,37). The van der Waals surface area contributed by atoms with E-state index >= 15 is 0 Å². The number of hydrogen-bond donors (Lipinski definition) is 3. The van der Waals surface area contributed by atoms with Gasteiger partial charge in [-0.25, -0.2) is 13.9 Å². The second-order valence-electron chi connectivity index (χ2n) is 10.0. The van der Waals surface area contributed by atoms with E-state index in [0.717, 1.165) is 38.7 Å². The number of aromatic amines is 1. The van der Waals surface area contributed by atoms with Crippen LogP contribution in [0.5, 0.6) is 0 Å². The molecule has 0 aliphatic heterocycles. The Labute approximate surface area is 239 Å². The first-order valence-electron chi connectivity index (χ1n) is 13.2. The summed E-state index contributed by atoms with van der Waals surface area (Å²) in [6.45, 7) is 0.460. The number of para-hydroxylation sites is 1. The summed E-state index contributed by atoms with van der Waals surface area (Å²) < 4.78 is 30.3. The van der Waals surface area contributed by atoms with Crippen LogP contribution in [0, 0.1) is 0 Å². The number of carbonyl (C=O) groups is 1. The topological polar surface area (TPSA) is 106 Å². The number of anilines is 1. The Balaban J connectivity index is 1.51. The molecule has 9 heteroatoms. The summed E-state index contributed by atoms with van der Waals surface area (Å²) in [5, 5.41) is 11.3. The molecule has 0 fully saturated rings. The smallest absolute Gasteiger partial charge is 0.267 e. The SMILES string of the molecule is CN(C)c1cccc2c(S(=O)(=O)N(CCc3c[nH]c4ccccc34)Cc3ccc(C=CC(=O)NO)cc3)cccc12. The van der Waals surface area contributed by atoms with Crippen LogP contribution in [0.1, 0.15) is 16.7 Å². The molecule has 1 heterocycles. The van der Waals surface area contributed by atoms with Crippen LogP contribution in [0.2, 0.25) is 0 Å². The number of hydroxylamine groups is 1. The molecule has 210 valence electrons. The third-order valence-electron chi connectivity index (χ3n) is 7.14. The minimum absolute atomic E-state index is 0.176. The molecule has 0 aliphatic carbocycles. The zero-order chi connectivity index (χ0) is 29.0. The Morgan fingerprint density at radius 1 is 0.902 bits per heavy atom. The molecule has 0 radical (unpaired) electrons. The van der Waals surface area contributed by atoms with Gasteiger partial charge in [-0.05, 0) is 47.4 Å². The molecule has 41 heavy (non-hydrogen) atoms. The number of fused-ring (bicyclic) bond motifs is 2. The van der Waals surface area contributed by atoms with E-state index in [-0.39, 0.29) is 18.0 Å². The Morgan fingerprint density at radius 3 is 2.37 bits per heavy atom. The molecule has 1 amide bonds. The number of nitrogens with one attached hydrogen (secondary N) is 2. The predicted octanol–water partition coefficient (Wildman–Crippen LogP) is 5.34. The molecule has 0 aliphatic rings. The number of hydrogen-bond acceptors (Lipinski definition) is 5. The Bertz CT molecular complexity index is 1830. The number of H-pyrrole nitrogens is 1. The molecule has 5 rings (SSSR count). The van der Waals surface area contributed by atoms with Gasteiger partial charge in [-0.15, -0.1) is 0 Å². The monoisotopic (exact) mass is 568 g/mol. The van der Waals surface area contributed by atoms with Crippen molar-refractivity contribution in [2.75, 3.05) is 25.5 Å². The zero-order valence-corrected chi connectivity index (χ0v) is 23.7. The van der Waals surface area contributed by atoms with Crippen LogP contribution in [-0.2, 0) is 27.8 Å². The molecular weight excluding hydrogens is 536 g/mol. The Hall–Kier alpha value is -4.44. The van der Waals surface area contributed by atoms with Crippen LogP contribution >= 0.6 is 0 Å². The van der Waals surface area contributed by atoms with Crippen molar-refractivity contribution in [2.45, 2.75) is 17.9 Å². The van der Waals surface area contributed by atoms with E-state index in [9.17, 15) is 13.2 Å². The van der Waals surface area contributed by atoms with Crippen molar-refractivity contribution < 1.29 is 18.4 Å². The van der Waals surface area contributed by atoms with Crippen LogP contribution in [0.25, 0.3) is 27.8 Å². The second-order valence-corrected chi connectivity index (χ2v) is 11.9. The summed E-state index contributed by atoms with van der Waals surface area (Å²) in [4.78, 5) is 16.8. The van der Waals surface area contributed by atoms with Gasteiger partial charge in [-0.2, -0.15) is 4.31 Å². The zero-order valence-electron chi connectivity index (χ0n) is 22.9. The fourth-order valence-corrected chi connectivity index (χ4v) is 6.67. The third-order valence-corrected chi connectivity index (χ3v) is 9.04. The average molecular weight is 569 g/mol. The molecule has 4 aromatic carbocycles. The van der Waals surface area contributed by atoms with Crippen LogP contribution in [0.4, 0.5) is 5.69 Å². The lowest BCUT2D eigenvalue weighted by Gasteiger charge is -2.24. The molecule has 0 saturated heterocycles. The first kappa shape index (κ1) is 28.1. The minimum atomic E-state index is -3.90. The fraction of sp³-hybridized carbons (Fsp3) is 0.156. The number of amides is 1. The first-order valence-corrected chi connectivity index (χ1v) is 14.7. The quantitative estimate of drug-likeness (QED) is 0.120. The summed E-state index contributed by atoms with van der Waals surface area (Å²) in [5.41, 5.74) is 6.13. The van der Waals surface area contributed by atoms with Gasteiger partial charge in [0.2, 0.25) is 10.0 Å². The van der Waals surface area contributed by atoms with Crippen LogP contribution in [0.3, 0.4) is 0 Å². The van der Waals surface area contributed by atoms with Gasteiger partial charge in [-0.1, -0.05) is 66.7 Å². The number of sulfonamides is 1. The van der Waals surface area contributed by atoms with E-state index < -0.39 is 15.9 Å². The van der Waals surface area contributed by atoms with E-state index in [1.807, 2.05) is 98.0 Å². The van der Waals surface area contributed by atoms with Gasteiger partial charge in [0.15, 0.2) is 0 Å². The second kappa shape index (κ2) is 12.0. The molecule has 0 bridgehead atoms. The van der Waals surface area contributed by atoms with Crippen LogP contribution < -0.4 is 10.4 Å². The highest BCUT2D eigenvalue weighted by atomic mass is 32.2. The summed E-state index contributed by atoms with van der Waals surface area (Å²) in [7, 11) is -0.0139. The molecule has 0 atom stereocenters. The predicted molar refractivity (Wildman–Crippen MR) is 163 cm³/mol. The molecule has 0 unspecified atom stereocenters. The first-order chi connectivity index (χ1) is 19.8. The molecule has 0 saturated carbocycles. The van der Waals surface area contributed by atoms with E-state index in [1.54, 1.807) is 23.7 Å². The van der Waals surface area contributed by atoms with Crippen LogP contribution in [0.15, 0.2) is 102 Å². The van der Waals surface area contributed by atoms with Crippen LogP contribution in [-0.4, -0.2) is 49.5 Å². The maximum atomic E-state index is 14.4. The molecular formula is C32H32N4O4S. The maximum absolute atomic E-state index is 14.4. The van der Waals surface area contributed by atoms with Gasteiger partial charge in [0.25, 0.3) is 5.91 Å². The van der Waals surface area contributed by atoms with E-state index in [0.29, 0.717) is 11.8 Å². The highest BCUT2D eigenvalue weighted by molar-refractivity contribution is 7.89. The van der Waals surface area contributed by atoms with Gasteiger partial charge >= 0.3 is 0 Å². The van der Waals surface area contributed by atoms with Gasteiger partial charge in [0, 0.05) is 66.8 Å². The minimum Gasteiger partial charge on any atom is -0.377 e. The van der Waals surface area contributed by atoms with Crippen molar-refractivity contribution in [1.82, 2.24) is 14.8 Å². The Kier molecular flexibility index (Phi) is 8.21. The lowest BCUT2D eigenvalue weighted by molar-refractivity contribution is -0.124. The molecule has 0 spiro atoms. The fourth-order valence-electron chi connectivity index (χ4n) is 5.03. The lowest BCUT2D eigenvalue weighted by Crippen LogP contribution is -2.32. The average Bonchev–Trinajstić information content (AvgIpc) is 3.40. The number of nitrogens with zero attached hydrogens (tertiary/aromatic N) is 2. The van der Waals surface area contributed by atoms with E-state index in [2.05, 4.69) is 4.98 Å². The molecule has 5 aromatic rings. The number of aromatic nitrogens is 1. The van der Waals surface area contributed by atoms with Gasteiger partial charge < -0.3 is 9.88 Å². The lowest BCUT2D eigenvalue weighted by atomic mass is 10.1. The highest BCUT2D eigenvalue weighted by Gasteiger charge is 2.27. The number of rotatable bonds is 10. The van der Waals surface area contributed by atoms with Crippen molar-refractivity contribution in [3.63, 3.8) is 0 Å². The van der Waals surface area contributed by atoms with E-state index in [4.69, 9.17) is 5.21 Å². The summed E-state index contributed by atoms with van der Waals surface area (Å²) in [6, 6.07) is 26.4. The van der Waals surface area contributed by atoms with Crippen molar-refractivity contribution in [3.05, 3.63) is 114 Å². The van der Waals surface area contributed by atoms with Gasteiger partial charge in [0.05, 0.1) is 4.90 Å². The van der Waals surface area contributed by atoms with Crippen molar-refractivity contribution in [2.24, 2.45) is 0 Å². The summed E-state index contributed by atoms with van der Waals surface area (Å²) >= 11 is 0. The largest absolute Gasteiger partial charge is 0.377 e.